The van der Waals surface area contributed by atoms with Crippen LogP contribution in [0.2, 0.25) is 8.87 Å². The zero-order valence-corrected chi connectivity index (χ0v) is 23.8. The van der Waals surface area contributed by atoms with Crippen molar-refractivity contribution in [3.63, 3.8) is 0 Å². The van der Waals surface area contributed by atoms with Crippen molar-refractivity contribution >= 4 is 58.9 Å². The van der Waals surface area contributed by atoms with E-state index in [1.54, 1.807) is 27.9 Å². The molecule has 0 saturated carbocycles. The van der Waals surface area contributed by atoms with E-state index in [0.717, 1.165) is 0 Å². The molecule has 0 rings (SSSR count). The van der Waals surface area contributed by atoms with E-state index in [9.17, 15) is 14.2 Å². The molecule has 0 amide bonds. The first kappa shape index (κ1) is 29.0. The summed E-state index contributed by atoms with van der Waals surface area (Å²) in [6.45, 7) is 4.23. The van der Waals surface area contributed by atoms with Crippen LogP contribution in [0.25, 0.3) is 0 Å². The standard InChI is InChI=1S/C6H18N3OP.2C4H7O2.2BrH.Sn/c1-7(2)11(10,8(3)4)9(5)6;2*1-3-6-4(2)5;;;/h1-6H3;2*2-3H2,1H3;2*1H;/q;;;;;+2/p-2. The summed E-state index contributed by atoms with van der Waals surface area (Å²) in [6.07, 6.45) is 0. The smallest absolute Gasteiger partial charge is 0.270 e. The SMILES string of the molecule is CCOC(=O)[CH2][Sn]([Br])([Br])[CH2]C(=O)OCC.CN(C)P(=O)(N(C)C)N(C)C. The van der Waals surface area contributed by atoms with Crippen molar-refractivity contribution in [1.29, 1.82) is 0 Å². The first-order valence-corrected chi connectivity index (χ1v) is 26.5. The van der Waals surface area contributed by atoms with Gasteiger partial charge in [-0.15, -0.1) is 0 Å². The average Bonchev–Trinajstić information content (AvgIpc) is 2.45. The first-order valence-electron chi connectivity index (χ1n) is 8.07. The maximum Gasteiger partial charge on any atom is 0.285 e. The molecular formula is C14H32Br2N3O5PSn. The summed E-state index contributed by atoms with van der Waals surface area (Å²) in [7, 11) is 8.49. The van der Waals surface area contributed by atoms with Crippen LogP contribution in [0.3, 0.4) is 0 Å². The molecule has 0 atom stereocenters. The van der Waals surface area contributed by atoms with E-state index < -0.39 is 21.5 Å². The minimum absolute atomic E-state index is 0.272. The fraction of sp³-hybridized carbons (Fsp3) is 0.857. The third-order valence-electron chi connectivity index (χ3n) is 2.98. The largest absolute Gasteiger partial charge is 0.285 e. The second-order valence-electron chi connectivity index (χ2n) is 5.87. The summed E-state index contributed by atoms with van der Waals surface area (Å²) < 4.78 is 27.5. The molecule has 0 saturated heterocycles. The maximum atomic E-state index is 12.1. The Hall–Kier alpha value is 0.809. The van der Waals surface area contributed by atoms with Gasteiger partial charge >= 0.3 is 106 Å². The Bertz CT molecular complexity index is 443. The van der Waals surface area contributed by atoms with Crippen LogP contribution in [0.5, 0.6) is 0 Å². The van der Waals surface area contributed by atoms with Gasteiger partial charge in [0.2, 0.25) is 0 Å². The summed E-state index contributed by atoms with van der Waals surface area (Å²) in [5.74, 6) is -0.544. The van der Waals surface area contributed by atoms with Crippen molar-refractivity contribution in [2.75, 3.05) is 55.5 Å². The molecule has 156 valence electrons. The second kappa shape index (κ2) is 13.9. The predicted molar refractivity (Wildman–Crippen MR) is 115 cm³/mol. The Kier molecular flexibility index (Phi) is 15.5. The number of rotatable bonds is 9. The summed E-state index contributed by atoms with van der Waals surface area (Å²) in [6, 6.07) is 0. The molecule has 0 aromatic carbocycles. The van der Waals surface area contributed by atoms with Crippen LogP contribution in [-0.4, -0.2) is 95.4 Å². The molecule has 0 spiro atoms. The van der Waals surface area contributed by atoms with Crippen LogP contribution in [0.4, 0.5) is 0 Å². The van der Waals surface area contributed by atoms with Crippen molar-refractivity contribution in [2.45, 2.75) is 22.7 Å². The van der Waals surface area contributed by atoms with Crippen LogP contribution < -0.4 is 0 Å². The number of hydrogen-bond donors (Lipinski definition) is 0. The molecule has 0 aliphatic heterocycles. The van der Waals surface area contributed by atoms with Crippen LogP contribution in [-0.2, 0) is 23.6 Å². The minimum Gasteiger partial charge on any atom is -0.270 e. The van der Waals surface area contributed by atoms with Gasteiger partial charge in [0.25, 0.3) is 7.59 Å². The number of ether oxygens (including phenoxy) is 2. The third kappa shape index (κ3) is 11.6. The third-order valence-corrected chi connectivity index (χ3v) is 18.2. The zero-order valence-electron chi connectivity index (χ0n) is 16.9. The molecule has 8 nitrogen and oxygen atoms in total. The van der Waals surface area contributed by atoms with Gasteiger partial charge in [-0.05, 0) is 42.3 Å². The van der Waals surface area contributed by atoms with Crippen molar-refractivity contribution in [2.24, 2.45) is 0 Å². The Balaban J connectivity index is 0. The van der Waals surface area contributed by atoms with Crippen molar-refractivity contribution in [3.05, 3.63) is 0 Å². The van der Waals surface area contributed by atoms with E-state index in [4.69, 9.17) is 9.47 Å². The van der Waals surface area contributed by atoms with Crippen molar-refractivity contribution in [3.8, 4) is 0 Å². The van der Waals surface area contributed by atoms with Crippen molar-refractivity contribution < 1.29 is 23.6 Å². The number of halogens is 2. The number of hydrogen-bond acceptors (Lipinski definition) is 5. The van der Waals surface area contributed by atoms with Gasteiger partial charge in [-0.1, -0.05) is 0 Å². The Morgan fingerprint density at radius 2 is 1.08 bits per heavy atom. The summed E-state index contributed by atoms with van der Waals surface area (Å²) in [4.78, 5) is 22.4. The fourth-order valence-corrected chi connectivity index (χ4v) is 13.6. The van der Waals surface area contributed by atoms with Crippen LogP contribution in [0.15, 0.2) is 0 Å². The van der Waals surface area contributed by atoms with Gasteiger partial charge in [-0.2, -0.15) is 0 Å². The molecule has 0 aliphatic carbocycles. The zero-order chi connectivity index (χ0) is 21.1. The number of carbonyl (C=O) groups is 2. The summed E-state index contributed by atoms with van der Waals surface area (Å²) in [5.41, 5.74) is 0. The molecule has 0 aliphatic rings. The minimum atomic E-state index is -2.97. The molecule has 0 fully saturated rings. The number of nitrogens with zero attached hydrogens (tertiary/aromatic N) is 3. The van der Waals surface area contributed by atoms with E-state index in [2.05, 4.69) is 25.4 Å². The molecule has 26 heavy (non-hydrogen) atoms. The first-order chi connectivity index (χ1) is 11.7. The van der Waals surface area contributed by atoms with Gasteiger partial charge in [0.05, 0.1) is 0 Å². The van der Waals surface area contributed by atoms with Gasteiger partial charge < -0.3 is 0 Å². The van der Waals surface area contributed by atoms with Gasteiger partial charge in [0.1, 0.15) is 0 Å². The quantitative estimate of drug-likeness (QED) is 0.218. The molecule has 0 N–H and O–H groups in total. The molecule has 0 unspecified atom stereocenters. The normalized spacial score (nSPS) is 12.0. The van der Waals surface area contributed by atoms with Gasteiger partial charge in [0.15, 0.2) is 0 Å². The Labute approximate surface area is 173 Å². The van der Waals surface area contributed by atoms with Crippen LogP contribution >= 0.6 is 33.0 Å². The van der Waals surface area contributed by atoms with E-state index in [-0.39, 0.29) is 20.8 Å². The molecule has 0 heterocycles. The second-order valence-corrected chi connectivity index (χ2v) is 43.7. The van der Waals surface area contributed by atoms with E-state index >= 15 is 0 Å². The topological polar surface area (TPSA) is 79.4 Å². The average molecular weight is 632 g/mol. The van der Waals surface area contributed by atoms with E-state index in [0.29, 0.717) is 13.2 Å². The molecule has 0 aromatic rings. The monoisotopic (exact) mass is 631 g/mol. The van der Waals surface area contributed by atoms with Gasteiger partial charge in [0, 0.05) is 0 Å². The maximum absolute atomic E-state index is 12.1. The fourth-order valence-electron chi connectivity index (χ4n) is 1.98. The van der Waals surface area contributed by atoms with Gasteiger partial charge in [-0.3, -0.25) is 4.57 Å². The van der Waals surface area contributed by atoms with Crippen LogP contribution in [0, 0.1) is 0 Å². The Morgan fingerprint density at radius 1 is 0.808 bits per heavy atom. The Morgan fingerprint density at radius 3 is 1.23 bits per heavy atom. The molecule has 12 heteroatoms. The van der Waals surface area contributed by atoms with Gasteiger partial charge in [-0.25, -0.2) is 14.0 Å². The van der Waals surface area contributed by atoms with E-state index in [1.807, 2.05) is 42.3 Å². The molecular weight excluding hydrogens is 600 g/mol. The molecule has 0 aromatic heterocycles. The number of carbonyl (C=O) groups excluding carboxylic acids is 2. The summed E-state index contributed by atoms with van der Waals surface area (Å²) in [5, 5.41) is 0. The van der Waals surface area contributed by atoms with E-state index in [1.165, 1.54) is 0 Å². The summed E-state index contributed by atoms with van der Waals surface area (Å²) >= 11 is 3.93. The predicted octanol–water partition coefficient (Wildman–Crippen LogP) is 3.12. The number of esters is 2. The van der Waals surface area contributed by atoms with Crippen molar-refractivity contribution in [1.82, 2.24) is 14.0 Å². The molecule has 0 radical (unpaired) electrons. The molecule has 0 bridgehead atoms. The van der Waals surface area contributed by atoms with Crippen LogP contribution in [0.1, 0.15) is 13.8 Å².